The predicted octanol–water partition coefficient (Wildman–Crippen LogP) is 3.25. The molecule has 0 radical (unpaired) electrons. The van der Waals surface area contributed by atoms with Crippen LogP contribution in [0.25, 0.3) is 0 Å². The molecule has 0 unspecified atom stereocenters. The molecule has 0 bridgehead atoms. The summed E-state index contributed by atoms with van der Waals surface area (Å²) in [4.78, 5) is 12.6. The molecular weight excluding hydrogens is 311 g/mol. The molecule has 2 N–H and O–H groups in total. The van der Waals surface area contributed by atoms with Crippen LogP contribution in [-0.2, 0) is 14.3 Å². The van der Waals surface area contributed by atoms with Crippen LogP contribution in [0, 0.1) is 17.1 Å². The molecule has 0 saturated heterocycles. The Balaban J connectivity index is 2.59. The van der Waals surface area contributed by atoms with Crippen molar-refractivity contribution in [2.24, 2.45) is 5.73 Å². The van der Waals surface area contributed by atoms with Crippen LogP contribution in [0.5, 0.6) is 0 Å². The van der Waals surface area contributed by atoms with Crippen molar-refractivity contribution >= 4 is 5.97 Å². The van der Waals surface area contributed by atoms with Gasteiger partial charge in [-0.15, -0.1) is 0 Å². The van der Waals surface area contributed by atoms with E-state index in [0.717, 1.165) is 0 Å². The van der Waals surface area contributed by atoms with Gasteiger partial charge in [0.05, 0.1) is 11.5 Å². The van der Waals surface area contributed by atoms with Crippen LogP contribution in [-0.4, -0.2) is 11.6 Å². The number of nitriles is 1. The van der Waals surface area contributed by atoms with E-state index in [1.54, 1.807) is 33.8 Å². The fraction of sp³-hybridized carbons (Fsp3) is 0.333. The van der Waals surface area contributed by atoms with Gasteiger partial charge in [-0.25, -0.2) is 9.18 Å². The fourth-order valence-corrected chi connectivity index (χ4v) is 2.50. The zero-order chi connectivity index (χ0) is 18.1. The first-order valence-electron chi connectivity index (χ1n) is 7.41. The Labute approximate surface area is 140 Å². The average molecular weight is 330 g/mol. The third kappa shape index (κ3) is 3.57. The number of rotatable bonds is 2. The van der Waals surface area contributed by atoms with Crippen LogP contribution in [0.3, 0.4) is 0 Å². The molecule has 1 aliphatic rings. The summed E-state index contributed by atoms with van der Waals surface area (Å²) in [6.07, 6.45) is 0. The normalized spacial score (nSPS) is 18.1. The molecule has 126 valence electrons. The molecular formula is C18H19FN2O3. The fourth-order valence-electron chi connectivity index (χ4n) is 2.50. The van der Waals surface area contributed by atoms with Gasteiger partial charge in [0.25, 0.3) is 0 Å². The third-order valence-electron chi connectivity index (χ3n) is 3.41. The van der Waals surface area contributed by atoms with Crippen molar-refractivity contribution in [2.75, 3.05) is 0 Å². The van der Waals surface area contributed by atoms with Crippen LogP contribution >= 0.6 is 0 Å². The number of hydrogen-bond acceptors (Lipinski definition) is 5. The van der Waals surface area contributed by atoms with E-state index < -0.39 is 23.3 Å². The highest BCUT2D eigenvalue weighted by atomic mass is 19.1. The number of halogens is 1. The molecule has 0 amide bonds. The van der Waals surface area contributed by atoms with E-state index in [-0.39, 0.29) is 22.8 Å². The van der Waals surface area contributed by atoms with Gasteiger partial charge in [0.2, 0.25) is 5.88 Å². The maximum atomic E-state index is 13.7. The van der Waals surface area contributed by atoms with Gasteiger partial charge < -0.3 is 15.2 Å². The van der Waals surface area contributed by atoms with Gasteiger partial charge in [0.1, 0.15) is 28.8 Å². The molecule has 0 spiro atoms. The van der Waals surface area contributed by atoms with Crippen molar-refractivity contribution in [2.45, 2.75) is 39.2 Å². The largest absolute Gasteiger partial charge is 0.456 e. The molecule has 1 atom stereocenters. The lowest BCUT2D eigenvalue weighted by molar-refractivity contribution is -0.150. The summed E-state index contributed by atoms with van der Waals surface area (Å²) in [6, 6.07) is 7.63. The van der Waals surface area contributed by atoms with Crippen molar-refractivity contribution in [1.29, 1.82) is 5.26 Å². The Bertz CT molecular complexity index is 782. The molecule has 1 aromatic carbocycles. The summed E-state index contributed by atoms with van der Waals surface area (Å²) >= 11 is 0. The highest BCUT2D eigenvalue weighted by Gasteiger charge is 2.37. The minimum atomic E-state index is -0.839. The maximum absolute atomic E-state index is 13.7. The summed E-state index contributed by atoms with van der Waals surface area (Å²) in [5.41, 5.74) is 5.68. The highest BCUT2D eigenvalue weighted by molar-refractivity contribution is 5.92. The molecule has 0 fully saturated rings. The van der Waals surface area contributed by atoms with Crippen molar-refractivity contribution < 1.29 is 18.7 Å². The number of allylic oxidation sites excluding steroid dienone is 2. The third-order valence-corrected chi connectivity index (χ3v) is 3.41. The topological polar surface area (TPSA) is 85.3 Å². The maximum Gasteiger partial charge on any atom is 0.338 e. The van der Waals surface area contributed by atoms with Gasteiger partial charge in [0.15, 0.2) is 0 Å². The Hall–Kier alpha value is -2.81. The van der Waals surface area contributed by atoms with Crippen LogP contribution in [0.1, 0.15) is 39.2 Å². The highest BCUT2D eigenvalue weighted by Crippen LogP contribution is 2.40. The predicted molar refractivity (Wildman–Crippen MR) is 85.6 cm³/mol. The minimum absolute atomic E-state index is 0.0482. The molecule has 2 rings (SSSR count). The molecule has 1 aliphatic heterocycles. The second kappa shape index (κ2) is 6.36. The second-order valence-electron chi connectivity index (χ2n) is 6.45. The number of ether oxygens (including phenoxy) is 2. The summed E-state index contributed by atoms with van der Waals surface area (Å²) in [7, 11) is 0. The lowest BCUT2D eigenvalue weighted by Crippen LogP contribution is -2.30. The summed E-state index contributed by atoms with van der Waals surface area (Å²) in [5.74, 6) is -1.81. The Morgan fingerprint density at radius 1 is 1.42 bits per heavy atom. The van der Waals surface area contributed by atoms with Gasteiger partial charge in [0, 0.05) is 0 Å². The van der Waals surface area contributed by atoms with Gasteiger partial charge in [-0.3, -0.25) is 0 Å². The molecule has 24 heavy (non-hydrogen) atoms. The minimum Gasteiger partial charge on any atom is -0.456 e. The van der Waals surface area contributed by atoms with Gasteiger partial charge in [-0.2, -0.15) is 5.26 Å². The number of nitrogens with two attached hydrogens (primary N) is 1. The van der Waals surface area contributed by atoms with E-state index in [1.165, 1.54) is 18.2 Å². The van der Waals surface area contributed by atoms with E-state index >= 15 is 0 Å². The van der Waals surface area contributed by atoms with Crippen molar-refractivity contribution in [1.82, 2.24) is 0 Å². The first-order chi connectivity index (χ1) is 11.1. The molecule has 6 heteroatoms. The summed E-state index contributed by atoms with van der Waals surface area (Å²) in [5, 5.41) is 9.44. The number of nitrogens with zero attached hydrogens (tertiary/aromatic N) is 1. The van der Waals surface area contributed by atoms with Crippen LogP contribution in [0.2, 0.25) is 0 Å². The molecule has 1 aromatic rings. The Kier molecular flexibility index (Phi) is 4.65. The van der Waals surface area contributed by atoms with E-state index in [1.807, 2.05) is 6.07 Å². The van der Waals surface area contributed by atoms with Crippen LogP contribution < -0.4 is 5.73 Å². The molecule has 5 nitrogen and oxygen atoms in total. The van der Waals surface area contributed by atoms with E-state index in [0.29, 0.717) is 5.56 Å². The summed E-state index contributed by atoms with van der Waals surface area (Å²) < 4.78 is 24.4. The van der Waals surface area contributed by atoms with Crippen molar-refractivity contribution in [3.8, 4) is 6.07 Å². The molecule has 0 aliphatic carbocycles. The SMILES string of the molecule is CC1=C(C(=O)OC(C)(C)C)[C@H](c2cccc(F)c2)C(C#N)=C(N)O1. The zero-order valence-corrected chi connectivity index (χ0v) is 14.0. The molecule has 0 aromatic heterocycles. The first-order valence-corrected chi connectivity index (χ1v) is 7.41. The Morgan fingerprint density at radius 2 is 2.08 bits per heavy atom. The van der Waals surface area contributed by atoms with Crippen LogP contribution in [0.4, 0.5) is 4.39 Å². The van der Waals surface area contributed by atoms with E-state index in [2.05, 4.69) is 0 Å². The lowest BCUT2D eigenvalue weighted by atomic mass is 9.83. The number of carbonyl (C=O) groups excluding carboxylic acids is 1. The molecule has 1 heterocycles. The van der Waals surface area contributed by atoms with Gasteiger partial charge in [-0.05, 0) is 45.4 Å². The van der Waals surface area contributed by atoms with E-state index in [9.17, 15) is 14.4 Å². The Morgan fingerprint density at radius 3 is 2.62 bits per heavy atom. The standard InChI is InChI=1S/C18H19FN2O3/c1-10-14(17(22)24-18(2,3)4)15(13(9-20)16(21)23-10)11-6-5-7-12(19)8-11/h5-8,15H,21H2,1-4H3/t15-/m1/s1. The monoisotopic (exact) mass is 330 g/mol. The smallest absolute Gasteiger partial charge is 0.338 e. The number of carbonyl (C=O) groups is 1. The van der Waals surface area contributed by atoms with Crippen LogP contribution in [0.15, 0.2) is 47.1 Å². The van der Waals surface area contributed by atoms with Gasteiger partial charge in [-0.1, -0.05) is 12.1 Å². The number of benzene rings is 1. The summed E-state index contributed by atoms with van der Waals surface area (Å²) in [6.45, 7) is 6.76. The van der Waals surface area contributed by atoms with Gasteiger partial charge >= 0.3 is 5.97 Å². The lowest BCUT2D eigenvalue weighted by Gasteiger charge is -2.29. The molecule has 0 saturated carbocycles. The number of esters is 1. The number of hydrogen-bond donors (Lipinski definition) is 1. The quantitative estimate of drug-likeness (QED) is 0.841. The van der Waals surface area contributed by atoms with Crippen molar-refractivity contribution in [3.05, 3.63) is 58.4 Å². The van der Waals surface area contributed by atoms with E-state index in [4.69, 9.17) is 15.2 Å². The second-order valence-corrected chi connectivity index (χ2v) is 6.45. The zero-order valence-electron chi connectivity index (χ0n) is 14.0. The van der Waals surface area contributed by atoms with Crippen molar-refractivity contribution in [3.63, 3.8) is 0 Å². The average Bonchev–Trinajstić information content (AvgIpc) is 2.44. The first kappa shape index (κ1) is 17.5.